The van der Waals surface area contributed by atoms with Crippen LogP contribution in [-0.4, -0.2) is 33.0 Å². The van der Waals surface area contributed by atoms with Gasteiger partial charge in [-0.25, -0.2) is 9.48 Å². The number of carboxylic acids is 1. The zero-order valence-corrected chi connectivity index (χ0v) is 6.11. The Hall–Kier alpha value is -1.59. The van der Waals surface area contributed by atoms with Gasteiger partial charge in [-0.15, -0.1) is 5.10 Å². The van der Waals surface area contributed by atoms with Gasteiger partial charge in [0, 0.05) is 7.05 Å². The van der Waals surface area contributed by atoms with Crippen LogP contribution < -0.4 is 4.74 Å². The predicted molar refractivity (Wildman–Crippen MR) is 34.5 cm³/mol. The molecule has 0 fully saturated rings. The highest BCUT2D eigenvalue weighted by atomic mass is 16.5. The van der Waals surface area contributed by atoms with Gasteiger partial charge in [-0.2, -0.15) is 4.98 Å². The molecule has 1 rings (SSSR count). The monoisotopic (exact) mass is 157 g/mol. The van der Waals surface area contributed by atoms with E-state index in [-0.39, 0.29) is 11.8 Å². The number of methoxy groups -OCH3 is 1. The minimum Gasteiger partial charge on any atom is -0.475 e. The fourth-order valence-electron chi connectivity index (χ4n) is 0.639. The molecule has 6 heteroatoms. The van der Waals surface area contributed by atoms with Crippen LogP contribution in [-0.2, 0) is 7.05 Å². The van der Waals surface area contributed by atoms with Crippen molar-refractivity contribution in [2.45, 2.75) is 0 Å². The Kier molecular flexibility index (Phi) is 1.75. The van der Waals surface area contributed by atoms with Gasteiger partial charge < -0.3 is 9.84 Å². The molecule has 1 heterocycles. The van der Waals surface area contributed by atoms with E-state index in [4.69, 9.17) is 9.84 Å². The topological polar surface area (TPSA) is 77.2 Å². The van der Waals surface area contributed by atoms with Gasteiger partial charge in [0.2, 0.25) is 0 Å². The number of aromatic carboxylic acids is 1. The minimum atomic E-state index is -1.16. The first-order chi connectivity index (χ1) is 5.15. The number of hydrogen-bond acceptors (Lipinski definition) is 4. The number of carboxylic acid groups (broad SMARTS) is 1. The molecule has 0 atom stereocenters. The molecule has 0 aliphatic carbocycles. The van der Waals surface area contributed by atoms with Gasteiger partial charge in [-0.05, 0) is 0 Å². The molecule has 0 unspecified atom stereocenters. The fourth-order valence-corrected chi connectivity index (χ4v) is 0.639. The maximum atomic E-state index is 10.3. The van der Waals surface area contributed by atoms with Gasteiger partial charge in [0.1, 0.15) is 0 Å². The number of ether oxygens (including phenoxy) is 1. The van der Waals surface area contributed by atoms with Crippen LogP contribution in [0, 0.1) is 0 Å². The summed E-state index contributed by atoms with van der Waals surface area (Å²) in [6.45, 7) is 0. The van der Waals surface area contributed by atoms with Crippen molar-refractivity contribution in [2.75, 3.05) is 7.11 Å². The molecule has 0 radical (unpaired) electrons. The highest BCUT2D eigenvalue weighted by Crippen LogP contribution is 2.03. The van der Waals surface area contributed by atoms with Gasteiger partial charge in [0.05, 0.1) is 7.11 Å². The van der Waals surface area contributed by atoms with E-state index in [0.29, 0.717) is 0 Å². The van der Waals surface area contributed by atoms with E-state index in [9.17, 15) is 4.79 Å². The predicted octanol–water partition coefficient (Wildman–Crippen LogP) is -0.478. The first kappa shape index (κ1) is 7.52. The van der Waals surface area contributed by atoms with Crippen molar-refractivity contribution in [3.63, 3.8) is 0 Å². The van der Waals surface area contributed by atoms with E-state index in [2.05, 4.69) is 10.1 Å². The summed E-state index contributed by atoms with van der Waals surface area (Å²) in [5.41, 5.74) is 0. The first-order valence-corrected chi connectivity index (χ1v) is 2.83. The zero-order chi connectivity index (χ0) is 8.43. The Bertz CT molecular complexity index is 281. The number of carbonyl (C=O) groups is 1. The normalized spacial score (nSPS) is 9.64. The molecule has 0 aliphatic rings. The second-order valence-corrected chi connectivity index (χ2v) is 1.85. The Morgan fingerprint density at radius 3 is 2.64 bits per heavy atom. The Morgan fingerprint density at radius 2 is 2.36 bits per heavy atom. The lowest BCUT2D eigenvalue weighted by atomic mass is 10.6. The average Bonchev–Trinajstić information content (AvgIpc) is 2.31. The highest BCUT2D eigenvalue weighted by Gasteiger charge is 2.12. The molecule has 0 amide bonds. The molecule has 0 saturated heterocycles. The van der Waals surface area contributed by atoms with Gasteiger partial charge in [-0.1, -0.05) is 0 Å². The smallest absolute Gasteiger partial charge is 0.375 e. The number of nitrogens with zero attached hydrogens (tertiary/aromatic N) is 3. The molecule has 1 aromatic heterocycles. The molecular formula is C5H7N3O3. The van der Waals surface area contributed by atoms with Crippen LogP contribution in [0.25, 0.3) is 0 Å². The van der Waals surface area contributed by atoms with E-state index in [1.165, 1.54) is 11.8 Å². The minimum absolute atomic E-state index is 0.183. The lowest BCUT2D eigenvalue weighted by Gasteiger charge is -1.92. The summed E-state index contributed by atoms with van der Waals surface area (Å²) in [6.07, 6.45) is 0. The molecule has 11 heavy (non-hydrogen) atoms. The molecule has 1 aromatic rings. The number of aryl methyl sites for hydroxylation is 1. The number of rotatable bonds is 2. The van der Waals surface area contributed by atoms with Gasteiger partial charge >= 0.3 is 12.0 Å². The van der Waals surface area contributed by atoms with Crippen LogP contribution in [0.3, 0.4) is 0 Å². The maximum Gasteiger partial charge on any atom is 0.375 e. The summed E-state index contributed by atoms with van der Waals surface area (Å²) in [5, 5.41) is 12.0. The Balaban J connectivity index is 3.05. The number of hydrogen-bond donors (Lipinski definition) is 1. The van der Waals surface area contributed by atoms with Crippen molar-refractivity contribution in [1.29, 1.82) is 0 Å². The molecule has 6 nitrogen and oxygen atoms in total. The molecule has 0 spiro atoms. The van der Waals surface area contributed by atoms with Crippen molar-refractivity contribution >= 4 is 5.97 Å². The zero-order valence-electron chi connectivity index (χ0n) is 6.11. The van der Waals surface area contributed by atoms with E-state index >= 15 is 0 Å². The second-order valence-electron chi connectivity index (χ2n) is 1.85. The molecule has 0 aromatic carbocycles. The highest BCUT2D eigenvalue weighted by molar-refractivity contribution is 5.83. The number of aromatic nitrogens is 3. The fraction of sp³-hybridized carbons (Fsp3) is 0.400. The third-order valence-electron chi connectivity index (χ3n) is 1.10. The second kappa shape index (κ2) is 2.57. The van der Waals surface area contributed by atoms with Crippen molar-refractivity contribution in [2.24, 2.45) is 7.05 Å². The van der Waals surface area contributed by atoms with Crippen LogP contribution in [0.5, 0.6) is 6.01 Å². The summed E-state index contributed by atoms with van der Waals surface area (Å²) in [7, 11) is 2.95. The van der Waals surface area contributed by atoms with E-state index in [1.54, 1.807) is 7.05 Å². The SMILES string of the molecule is COc1nc(C(=O)O)nn1C. The van der Waals surface area contributed by atoms with Crippen LogP contribution >= 0.6 is 0 Å². The standard InChI is InChI=1S/C5H7N3O3/c1-8-5(11-2)6-3(7-8)4(9)10/h1-2H3,(H,9,10). The van der Waals surface area contributed by atoms with Gasteiger partial charge in [0.25, 0.3) is 5.82 Å². The van der Waals surface area contributed by atoms with E-state index in [1.807, 2.05) is 0 Å². The van der Waals surface area contributed by atoms with Crippen molar-refractivity contribution < 1.29 is 14.6 Å². The lowest BCUT2D eigenvalue weighted by Crippen LogP contribution is -2.00. The molecule has 0 saturated carbocycles. The van der Waals surface area contributed by atoms with Crippen molar-refractivity contribution in [3.8, 4) is 6.01 Å². The Morgan fingerprint density at radius 1 is 1.73 bits per heavy atom. The van der Waals surface area contributed by atoms with Crippen molar-refractivity contribution in [1.82, 2.24) is 14.8 Å². The summed E-state index contributed by atoms with van der Waals surface area (Å²) >= 11 is 0. The largest absolute Gasteiger partial charge is 0.475 e. The molecule has 0 aliphatic heterocycles. The van der Waals surface area contributed by atoms with Crippen LogP contribution in [0.4, 0.5) is 0 Å². The van der Waals surface area contributed by atoms with Crippen LogP contribution in [0.15, 0.2) is 0 Å². The van der Waals surface area contributed by atoms with Gasteiger partial charge in [-0.3, -0.25) is 0 Å². The van der Waals surface area contributed by atoms with Gasteiger partial charge in [0.15, 0.2) is 0 Å². The molecule has 0 bridgehead atoms. The van der Waals surface area contributed by atoms with Crippen LogP contribution in [0.2, 0.25) is 0 Å². The quantitative estimate of drug-likeness (QED) is 0.627. The first-order valence-electron chi connectivity index (χ1n) is 2.83. The average molecular weight is 157 g/mol. The summed E-state index contributed by atoms with van der Waals surface area (Å²) in [4.78, 5) is 13.8. The third-order valence-corrected chi connectivity index (χ3v) is 1.10. The summed E-state index contributed by atoms with van der Waals surface area (Å²) in [6, 6.07) is 0.183. The Labute approximate surface area is 62.4 Å². The van der Waals surface area contributed by atoms with Crippen LogP contribution in [0.1, 0.15) is 10.6 Å². The maximum absolute atomic E-state index is 10.3. The lowest BCUT2D eigenvalue weighted by molar-refractivity contribution is 0.0683. The summed E-state index contributed by atoms with van der Waals surface area (Å²) in [5.74, 6) is -1.42. The summed E-state index contributed by atoms with van der Waals surface area (Å²) < 4.78 is 5.96. The molecular weight excluding hydrogens is 150 g/mol. The molecule has 60 valence electrons. The van der Waals surface area contributed by atoms with E-state index in [0.717, 1.165) is 0 Å². The van der Waals surface area contributed by atoms with Crippen molar-refractivity contribution in [3.05, 3.63) is 5.82 Å². The van der Waals surface area contributed by atoms with E-state index < -0.39 is 5.97 Å². The molecule has 1 N–H and O–H groups in total. The third kappa shape index (κ3) is 1.28.